The normalized spacial score (nSPS) is 15.5. The molecular formula is C29H37FN6O2. The second-order valence-corrected chi connectivity index (χ2v) is 11.3. The Morgan fingerprint density at radius 2 is 1.76 bits per heavy atom. The van der Waals surface area contributed by atoms with E-state index in [0.29, 0.717) is 36.1 Å². The van der Waals surface area contributed by atoms with Crippen molar-refractivity contribution in [2.75, 3.05) is 17.2 Å². The third-order valence-electron chi connectivity index (χ3n) is 6.63. The van der Waals surface area contributed by atoms with Gasteiger partial charge in [-0.1, -0.05) is 26.8 Å². The predicted molar refractivity (Wildman–Crippen MR) is 148 cm³/mol. The molecule has 38 heavy (non-hydrogen) atoms. The Bertz CT molecular complexity index is 1230. The molecule has 1 aromatic carbocycles. The number of urea groups is 1. The van der Waals surface area contributed by atoms with E-state index in [-0.39, 0.29) is 22.9 Å². The molecule has 0 atom stereocenters. The number of halogens is 1. The van der Waals surface area contributed by atoms with Crippen LogP contribution in [-0.4, -0.2) is 29.2 Å². The smallest absolute Gasteiger partial charge is 0.324 e. The number of anilines is 2. The molecule has 2 aliphatic carbocycles. The van der Waals surface area contributed by atoms with Crippen molar-refractivity contribution in [3.05, 3.63) is 65.4 Å². The maximum atomic E-state index is 14.8. The topological polar surface area (TPSA) is 119 Å². The molecule has 3 amide bonds. The van der Waals surface area contributed by atoms with Gasteiger partial charge in [0.1, 0.15) is 17.5 Å². The van der Waals surface area contributed by atoms with Gasteiger partial charge in [0.25, 0.3) is 0 Å². The number of pyridine rings is 1. The van der Waals surface area contributed by atoms with Crippen LogP contribution in [0.3, 0.4) is 0 Å². The molecule has 5 N–H and O–H groups in total. The van der Waals surface area contributed by atoms with Crippen LogP contribution >= 0.6 is 0 Å². The highest BCUT2D eigenvalue weighted by Gasteiger charge is 2.29. The van der Waals surface area contributed by atoms with E-state index in [1.165, 1.54) is 6.07 Å². The Morgan fingerprint density at radius 3 is 2.39 bits per heavy atom. The van der Waals surface area contributed by atoms with Gasteiger partial charge in [0.05, 0.1) is 5.69 Å². The fourth-order valence-corrected chi connectivity index (χ4v) is 3.72. The first-order valence-electron chi connectivity index (χ1n) is 13.2. The molecule has 202 valence electrons. The molecule has 2 aliphatic rings. The van der Waals surface area contributed by atoms with Crippen LogP contribution in [0.2, 0.25) is 0 Å². The molecule has 9 heteroatoms. The van der Waals surface area contributed by atoms with E-state index in [1.807, 2.05) is 32.9 Å². The summed E-state index contributed by atoms with van der Waals surface area (Å²) in [5.41, 5.74) is 1.87. The van der Waals surface area contributed by atoms with Gasteiger partial charge in [-0.05, 0) is 85.9 Å². The zero-order valence-corrected chi connectivity index (χ0v) is 22.3. The highest BCUT2D eigenvalue weighted by atomic mass is 19.1. The van der Waals surface area contributed by atoms with Crippen LogP contribution in [-0.2, 0) is 17.6 Å². The SMILES string of the molecule is CC(C)(C)C(=N)/C=C(\NCC1CC1)NC(=O)Nc1ccc(CCc2ccnc(NC(=O)C3CC3)c2)cc1F. The lowest BCUT2D eigenvalue weighted by Gasteiger charge is -2.19. The molecule has 0 spiro atoms. The molecule has 0 radical (unpaired) electrons. The average molecular weight is 521 g/mol. The van der Waals surface area contributed by atoms with Gasteiger partial charge < -0.3 is 21.4 Å². The van der Waals surface area contributed by atoms with Crippen molar-refractivity contribution in [3.63, 3.8) is 0 Å². The van der Waals surface area contributed by atoms with E-state index >= 15 is 0 Å². The minimum Gasteiger partial charge on any atom is -0.371 e. The lowest BCUT2D eigenvalue weighted by atomic mass is 9.90. The van der Waals surface area contributed by atoms with Crippen LogP contribution in [0.4, 0.5) is 20.7 Å². The minimum absolute atomic E-state index is 0.0117. The van der Waals surface area contributed by atoms with Crippen molar-refractivity contribution in [3.8, 4) is 0 Å². The third kappa shape index (κ3) is 8.39. The van der Waals surface area contributed by atoms with Crippen molar-refractivity contribution < 1.29 is 14.0 Å². The van der Waals surface area contributed by atoms with Crippen LogP contribution in [0.25, 0.3) is 0 Å². The summed E-state index contributed by atoms with van der Waals surface area (Å²) < 4.78 is 14.8. The number of allylic oxidation sites excluding steroid dienone is 1. The van der Waals surface area contributed by atoms with Crippen molar-refractivity contribution in [2.24, 2.45) is 17.3 Å². The monoisotopic (exact) mass is 520 g/mol. The molecule has 0 unspecified atom stereocenters. The fourth-order valence-electron chi connectivity index (χ4n) is 3.72. The van der Waals surface area contributed by atoms with Gasteiger partial charge in [0.2, 0.25) is 5.91 Å². The molecule has 1 aromatic heterocycles. The Balaban J connectivity index is 1.32. The first kappa shape index (κ1) is 27.3. The van der Waals surface area contributed by atoms with Gasteiger partial charge in [0, 0.05) is 29.8 Å². The van der Waals surface area contributed by atoms with Crippen molar-refractivity contribution in [2.45, 2.75) is 59.3 Å². The molecular weight excluding hydrogens is 483 g/mol. The Hall–Kier alpha value is -3.75. The first-order chi connectivity index (χ1) is 18.1. The molecule has 1 heterocycles. The summed E-state index contributed by atoms with van der Waals surface area (Å²) in [5, 5.41) is 19.6. The second kappa shape index (κ2) is 11.8. The molecule has 0 bridgehead atoms. The van der Waals surface area contributed by atoms with E-state index in [1.54, 1.807) is 24.4 Å². The molecule has 8 nitrogen and oxygen atoms in total. The van der Waals surface area contributed by atoms with Crippen molar-refractivity contribution >= 4 is 29.2 Å². The van der Waals surface area contributed by atoms with Crippen LogP contribution in [0.5, 0.6) is 0 Å². The second-order valence-electron chi connectivity index (χ2n) is 11.3. The number of nitrogens with one attached hydrogen (secondary N) is 5. The number of carbonyl (C=O) groups excluding carboxylic acids is 2. The number of rotatable bonds is 11. The lowest BCUT2D eigenvalue weighted by Crippen LogP contribution is -2.36. The zero-order valence-electron chi connectivity index (χ0n) is 22.3. The van der Waals surface area contributed by atoms with Gasteiger partial charge >= 0.3 is 6.03 Å². The maximum absolute atomic E-state index is 14.8. The molecule has 2 aromatic rings. The van der Waals surface area contributed by atoms with Gasteiger partial charge in [-0.3, -0.25) is 10.1 Å². The zero-order chi connectivity index (χ0) is 27.3. The third-order valence-corrected chi connectivity index (χ3v) is 6.63. The number of carbonyl (C=O) groups is 2. The Morgan fingerprint density at radius 1 is 1.05 bits per heavy atom. The van der Waals surface area contributed by atoms with Crippen molar-refractivity contribution in [1.82, 2.24) is 15.6 Å². The highest BCUT2D eigenvalue weighted by molar-refractivity contribution is 5.98. The first-order valence-corrected chi connectivity index (χ1v) is 13.2. The maximum Gasteiger partial charge on any atom is 0.324 e. The van der Waals surface area contributed by atoms with Crippen LogP contribution in [0, 0.1) is 28.5 Å². The standard InChI is InChI=1S/C29H37FN6O2/c1-29(2,3)24(31)16-26(33-17-20-6-7-20)36-28(38)34-23-11-8-18(14-22(23)30)4-5-19-12-13-32-25(15-19)35-27(37)21-9-10-21/h8,11-16,20-21,31,33H,4-7,9-10,17H2,1-3H3,(H,32,35,37)(H2,34,36,38)/b26-16+,31-24?. The summed E-state index contributed by atoms with van der Waals surface area (Å²) in [6.45, 7) is 6.52. The summed E-state index contributed by atoms with van der Waals surface area (Å²) >= 11 is 0. The van der Waals surface area contributed by atoms with E-state index in [2.05, 4.69) is 26.3 Å². The Kier molecular flexibility index (Phi) is 8.44. The molecule has 2 fully saturated rings. The van der Waals surface area contributed by atoms with Gasteiger partial charge in [0.15, 0.2) is 0 Å². The number of aryl methyl sites for hydroxylation is 2. The average Bonchev–Trinajstić information content (AvgIpc) is 3.76. The Labute approximate surface area is 223 Å². The van der Waals surface area contributed by atoms with E-state index < -0.39 is 11.8 Å². The highest BCUT2D eigenvalue weighted by Crippen LogP contribution is 2.30. The summed E-state index contributed by atoms with van der Waals surface area (Å²) in [7, 11) is 0. The van der Waals surface area contributed by atoms with Gasteiger partial charge in [-0.2, -0.15) is 0 Å². The van der Waals surface area contributed by atoms with E-state index in [9.17, 15) is 14.0 Å². The number of hydrogen-bond donors (Lipinski definition) is 5. The van der Waals surface area contributed by atoms with Gasteiger partial charge in [-0.15, -0.1) is 0 Å². The van der Waals surface area contributed by atoms with E-state index in [0.717, 1.165) is 43.4 Å². The summed E-state index contributed by atoms with van der Waals surface area (Å²) in [4.78, 5) is 28.8. The fraction of sp³-hybridized carbons (Fsp3) is 0.448. The molecule has 2 saturated carbocycles. The van der Waals surface area contributed by atoms with Crippen LogP contribution in [0.15, 0.2) is 48.4 Å². The van der Waals surface area contributed by atoms with Crippen LogP contribution in [0.1, 0.15) is 57.6 Å². The number of hydrogen-bond acceptors (Lipinski definition) is 5. The summed E-state index contributed by atoms with van der Waals surface area (Å²) in [5.74, 6) is 1.14. The quantitative estimate of drug-likeness (QED) is 0.256. The number of aromatic nitrogens is 1. The summed E-state index contributed by atoms with van der Waals surface area (Å²) in [6.07, 6.45) is 8.69. The van der Waals surface area contributed by atoms with Crippen LogP contribution < -0.4 is 21.3 Å². The van der Waals surface area contributed by atoms with Gasteiger partial charge in [-0.25, -0.2) is 14.2 Å². The van der Waals surface area contributed by atoms with Crippen molar-refractivity contribution in [1.29, 1.82) is 5.41 Å². The molecule has 0 aliphatic heterocycles. The predicted octanol–water partition coefficient (Wildman–Crippen LogP) is 5.38. The number of nitrogens with zero attached hydrogens (tertiary/aromatic N) is 1. The number of amides is 3. The number of benzene rings is 1. The summed E-state index contributed by atoms with van der Waals surface area (Å²) in [6, 6.07) is 7.90. The molecule has 0 saturated heterocycles. The lowest BCUT2D eigenvalue weighted by molar-refractivity contribution is -0.117. The minimum atomic E-state index is -0.578. The molecule has 4 rings (SSSR count). The van der Waals surface area contributed by atoms with E-state index in [4.69, 9.17) is 5.41 Å². The largest absolute Gasteiger partial charge is 0.371 e.